The largest absolute Gasteiger partial charge is 0.490 e. The van der Waals surface area contributed by atoms with Crippen molar-refractivity contribution < 1.29 is 14.8 Å². The third-order valence-corrected chi connectivity index (χ3v) is 3.83. The van der Waals surface area contributed by atoms with Gasteiger partial charge in [0, 0.05) is 34.8 Å². The Kier molecular flexibility index (Phi) is 5.48. The first-order valence-electron chi connectivity index (χ1n) is 6.84. The third-order valence-electron chi connectivity index (χ3n) is 2.84. The van der Waals surface area contributed by atoms with Crippen LogP contribution in [0.25, 0.3) is 10.6 Å². The van der Waals surface area contributed by atoms with Crippen LogP contribution in [0, 0.1) is 6.92 Å². The molecule has 4 N–H and O–H groups in total. The molecular weight excluding hydrogens is 303 g/mol. The first-order chi connectivity index (χ1) is 10.5. The number of thiazole rings is 1. The quantitative estimate of drug-likeness (QED) is 0.607. The molecule has 0 spiro atoms. The maximum absolute atomic E-state index is 11.7. The highest BCUT2D eigenvalue weighted by Gasteiger charge is 2.20. The summed E-state index contributed by atoms with van der Waals surface area (Å²) in [6.45, 7) is 4.38. The zero-order valence-electron chi connectivity index (χ0n) is 12.3. The molecule has 0 atom stereocenters. The predicted molar refractivity (Wildman–Crippen MR) is 87.2 cm³/mol. The van der Waals surface area contributed by atoms with Crippen molar-refractivity contribution in [1.82, 2.24) is 15.3 Å². The van der Waals surface area contributed by atoms with Gasteiger partial charge in [0.15, 0.2) is 0 Å². The molecule has 116 valence electrons. The van der Waals surface area contributed by atoms with Gasteiger partial charge in [0.1, 0.15) is 10.8 Å². The number of hydrogen-bond donors (Lipinski definition) is 4. The van der Waals surface area contributed by atoms with Crippen molar-refractivity contribution in [3.63, 3.8) is 0 Å². The molecule has 0 aliphatic heterocycles. The van der Waals surface area contributed by atoms with E-state index < -0.39 is 7.12 Å². The van der Waals surface area contributed by atoms with E-state index in [2.05, 4.69) is 20.6 Å². The highest BCUT2D eigenvalue weighted by atomic mass is 32.1. The number of nitrogens with one attached hydrogen (secondary N) is 2. The second-order valence-corrected chi connectivity index (χ2v) is 5.56. The van der Waals surface area contributed by atoms with Crippen molar-refractivity contribution in [3.05, 3.63) is 23.3 Å². The van der Waals surface area contributed by atoms with Crippen LogP contribution in [0.3, 0.4) is 0 Å². The van der Waals surface area contributed by atoms with Crippen molar-refractivity contribution in [3.8, 4) is 10.6 Å². The SMILES string of the molecule is CCCNC(=O)Nc1cc(-c2nc(C)cs2)c(B(O)O)cn1. The van der Waals surface area contributed by atoms with Crippen LogP contribution in [-0.4, -0.2) is 39.7 Å². The summed E-state index contributed by atoms with van der Waals surface area (Å²) < 4.78 is 0. The van der Waals surface area contributed by atoms with Crippen molar-refractivity contribution in [2.24, 2.45) is 0 Å². The van der Waals surface area contributed by atoms with E-state index in [0.29, 0.717) is 22.9 Å². The molecule has 0 unspecified atom stereocenters. The summed E-state index contributed by atoms with van der Waals surface area (Å²) in [5.41, 5.74) is 1.62. The number of amides is 2. The molecule has 0 radical (unpaired) electrons. The minimum Gasteiger partial charge on any atom is -0.423 e. The van der Waals surface area contributed by atoms with Crippen LogP contribution in [0.2, 0.25) is 0 Å². The average molecular weight is 320 g/mol. The van der Waals surface area contributed by atoms with Crippen LogP contribution in [0.4, 0.5) is 10.6 Å². The molecule has 0 saturated heterocycles. The molecule has 9 heteroatoms. The molecule has 2 aromatic heterocycles. The van der Waals surface area contributed by atoms with Gasteiger partial charge in [0.2, 0.25) is 0 Å². The van der Waals surface area contributed by atoms with E-state index in [1.165, 1.54) is 17.5 Å². The van der Waals surface area contributed by atoms with Crippen LogP contribution in [0.5, 0.6) is 0 Å². The van der Waals surface area contributed by atoms with Gasteiger partial charge >= 0.3 is 13.1 Å². The smallest absolute Gasteiger partial charge is 0.423 e. The second-order valence-electron chi connectivity index (χ2n) is 4.71. The predicted octanol–water partition coefficient (Wildman–Crippen LogP) is 0.725. The molecule has 0 aliphatic rings. The number of nitrogens with zero attached hydrogens (tertiary/aromatic N) is 2. The van der Waals surface area contributed by atoms with Crippen LogP contribution < -0.4 is 16.1 Å². The first kappa shape index (κ1) is 16.4. The lowest BCUT2D eigenvalue weighted by molar-refractivity contribution is 0.252. The molecule has 0 saturated carbocycles. The van der Waals surface area contributed by atoms with Gasteiger partial charge in [-0.15, -0.1) is 11.3 Å². The first-order valence-corrected chi connectivity index (χ1v) is 7.72. The Morgan fingerprint density at radius 2 is 2.23 bits per heavy atom. The number of hydrogen-bond acceptors (Lipinski definition) is 6. The van der Waals surface area contributed by atoms with Gasteiger partial charge in [-0.05, 0) is 19.4 Å². The molecule has 0 aliphatic carbocycles. The van der Waals surface area contributed by atoms with Crippen LogP contribution in [-0.2, 0) is 0 Å². The van der Waals surface area contributed by atoms with Gasteiger partial charge in [-0.25, -0.2) is 14.8 Å². The van der Waals surface area contributed by atoms with Crippen LogP contribution in [0.15, 0.2) is 17.6 Å². The molecule has 22 heavy (non-hydrogen) atoms. The standard InChI is InChI=1S/C13H17BN4O3S/c1-3-4-15-13(19)18-11-5-9(10(6-16-11)14(20)21)12-17-8(2)7-22-12/h5-7,20-21H,3-4H2,1-2H3,(H2,15,16,18,19). The van der Waals surface area contributed by atoms with E-state index in [9.17, 15) is 14.8 Å². The highest BCUT2D eigenvalue weighted by Crippen LogP contribution is 2.23. The Morgan fingerprint density at radius 1 is 1.45 bits per heavy atom. The van der Waals surface area contributed by atoms with E-state index in [1.54, 1.807) is 6.07 Å². The Labute approximate surface area is 132 Å². The topological polar surface area (TPSA) is 107 Å². The number of rotatable bonds is 5. The van der Waals surface area contributed by atoms with Crippen LogP contribution >= 0.6 is 11.3 Å². The maximum atomic E-state index is 11.7. The fourth-order valence-corrected chi connectivity index (χ4v) is 2.64. The van der Waals surface area contributed by atoms with Crippen LogP contribution in [0.1, 0.15) is 19.0 Å². The zero-order valence-corrected chi connectivity index (χ0v) is 13.1. The van der Waals surface area contributed by atoms with Crippen molar-refractivity contribution in [1.29, 1.82) is 0 Å². The summed E-state index contributed by atoms with van der Waals surface area (Å²) in [4.78, 5) is 20.0. The molecule has 7 nitrogen and oxygen atoms in total. The molecule has 2 amide bonds. The summed E-state index contributed by atoms with van der Waals surface area (Å²) in [6, 6.07) is 1.23. The molecule has 2 rings (SSSR count). The minimum atomic E-state index is -1.66. The van der Waals surface area contributed by atoms with Gasteiger partial charge in [-0.3, -0.25) is 5.32 Å². The Hall–Kier alpha value is -1.97. The average Bonchev–Trinajstić information content (AvgIpc) is 2.91. The lowest BCUT2D eigenvalue weighted by Gasteiger charge is -2.10. The van der Waals surface area contributed by atoms with Crippen molar-refractivity contribution in [2.45, 2.75) is 20.3 Å². The molecular formula is C13H17BN4O3S. The third kappa shape index (κ3) is 4.03. The number of aromatic nitrogens is 2. The zero-order chi connectivity index (χ0) is 16.1. The molecule has 0 fully saturated rings. The maximum Gasteiger partial charge on any atom is 0.490 e. The van der Waals surface area contributed by atoms with E-state index in [4.69, 9.17) is 0 Å². The summed E-state index contributed by atoms with van der Waals surface area (Å²) in [6.07, 6.45) is 2.16. The monoisotopic (exact) mass is 320 g/mol. The second kappa shape index (κ2) is 7.34. The van der Waals surface area contributed by atoms with Crippen molar-refractivity contribution in [2.75, 3.05) is 11.9 Å². The number of aryl methyl sites for hydroxylation is 1. The molecule has 2 aromatic rings. The minimum absolute atomic E-state index is 0.244. The van der Waals surface area contributed by atoms with E-state index in [-0.39, 0.29) is 11.5 Å². The number of anilines is 1. The van der Waals surface area contributed by atoms with Gasteiger partial charge < -0.3 is 15.4 Å². The number of pyridine rings is 1. The van der Waals surface area contributed by atoms with Gasteiger partial charge in [-0.1, -0.05) is 6.92 Å². The van der Waals surface area contributed by atoms with Crippen molar-refractivity contribution >= 4 is 35.8 Å². The highest BCUT2D eigenvalue weighted by molar-refractivity contribution is 7.13. The lowest BCUT2D eigenvalue weighted by atomic mass is 9.78. The number of carbonyl (C=O) groups is 1. The molecule has 0 bridgehead atoms. The summed E-state index contributed by atoms with van der Waals surface area (Å²) in [5, 5.41) is 26.7. The Bertz CT molecular complexity index is 662. The Balaban J connectivity index is 2.29. The molecule has 0 aromatic carbocycles. The fourth-order valence-electron chi connectivity index (χ4n) is 1.80. The number of urea groups is 1. The molecule has 2 heterocycles. The summed E-state index contributed by atoms with van der Waals surface area (Å²) in [5.74, 6) is 0.320. The van der Waals surface area contributed by atoms with Gasteiger partial charge in [-0.2, -0.15) is 0 Å². The van der Waals surface area contributed by atoms with E-state index >= 15 is 0 Å². The normalized spacial score (nSPS) is 10.4. The number of carbonyl (C=O) groups excluding carboxylic acids is 1. The van der Waals surface area contributed by atoms with Gasteiger partial charge in [0.05, 0.1) is 0 Å². The summed E-state index contributed by atoms with van der Waals surface area (Å²) in [7, 11) is -1.66. The van der Waals surface area contributed by atoms with E-state index in [1.807, 2.05) is 19.2 Å². The fraction of sp³-hybridized carbons (Fsp3) is 0.308. The van der Waals surface area contributed by atoms with E-state index in [0.717, 1.165) is 12.1 Å². The lowest BCUT2D eigenvalue weighted by Crippen LogP contribution is -2.33. The van der Waals surface area contributed by atoms with Gasteiger partial charge in [0.25, 0.3) is 0 Å². The Morgan fingerprint density at radius 3 is 2.82 bits per heavy atom. The summed E-state index contributed by atoms with van der Waals surface area (Å²) >= 11 is 1.39.